The number of aromatic hydroxyl groups is 1. The zero-order chi connectivity index (χ0) is 43.6. The second kappa shape index (κ2) is 30.3. The Kier molecular flexibility index (Phi) is 27.0. The third-order valence-electron chi connectivity index (χ3n) is 10.2. The van der Waals surface area contributed by atoms with Crippen molar-refractivity contribution >= 4 is 58.0 Å². The van der Waals surface area contributed by atoms with Crippen molar-refractivity contribution in [2.75, 3.05) is 0 Å². The molecule has 0 bridgehead atoms. The minimum Gasteiger partial charge on any atom is -0.872 e. The Labute approximate surface area is 396 Å². The van der Waals surface area contributed by atoms with Crippen molar-refractivity contribution in [1.82, 2.24) is 0 Å². The van der Waals surface area contributed by atoms with Crippen LogP contribution in [0.1, 0.15) is 153 Å². The van der Waals surface area contributed by atoms with Crippen LogP contribution in [0.3, 0.4) is 0 Å². The number of hydrogen-bond donors (Lipinski definition) is 2. The summed E-state index contributed by atoms with van der Waals surface area (Å²) < 4.78 is 78.7. The van der Waals surface area contributed by atoms with E-state index in [-0.39, 0.29) is 64.8 Å². The number of phenols is 1. The van der Waals surface area contributed by atoms with Crippen LogP contribution in [0.15, 0.2) is 94.7 Å². The molecule has 0 saturated carbocycles. The summed E-state index contributed by atoms with van der Waals surface area (Å²) in [6, 6.07) is 21.0. The standard InChI is InChI=1S/2C24H34O5S.Ca/c2*1-2-3-4-5-6-7-8-9-10-11-12-20-17-23(19-24(18-20)30(26,27)28)29-22-15-13-21(25)14-16-22;/h2*13-19,25H,2-12H2,1H3,(H,26,27,28);/q;;+2/p-2. The fourth-order valence-corrected chi connectivity index (χ4v) is 8.01. The van der Waals surface area contributed by atoms with Crippen molar-refractivity contribution < 1.29 is 45.6 Å². The molecule has 0 atom stereocenters. The van der Waals surface area contributed by atoms with E-state index in [1.807, 2.05) is 0 Å². The molecule has 0 aliphatic rings. The SMILES string of the molecule is CCCCCCCCCCCCc1cc(Oc2ccc(O)cc2)cc(S(=O)(=O)O)c1.CCCCCCCCCCCCc1cc(Oc2ccc([O-])cc2)cc(S(=O)(=O)[O-])c1.[Ca+2]. The van der Waals surface area contributed by atoms with E-state index in [4.69, 9.17) is 9.47 Å². The van der Waals surface area contributed by atoms with E-state index >= 15 is 0 Å². The van der Waals surface area contributed by atoms with Gasteiger partial charge in [0, 0.05) is 6.07 Å². The molecule has 4 rings (SSSR count). The van der Waals surface area contributed by atoms with E-state index in [1.165, 1.54) is 157 Å². The fourth-order valence-electron chi connectivity index (χ4n) is 6.89. The maximum Gasteiger partial charge on any atom is 2.00 e. The second-order valence-corrected chi connectivity index (χ2v) is 18.4. The third kappa shape index (κ3) is 24.0. The summed E-state index contributed by atoms with van der Waals surface area (Å²) in [5.41, 5.74) is 1.58. The van der Waals surface area contributed by atoms with Gasteiger partial charge in [0.05, 0.1) is 9.79 Å². The topological polar surface area (TPSA) is 173 Å². The molecule has 0 radical (unpaired) electrons. The summed E-state index contributed by atoms with van der Waals surface area (Å²) in [4.78, 5) is -0.455. The number of ether oxygens (including phenoxy) is 2. The number of hydrogen-bond acceptors (Lipinski definition) is 9. The first-order valence-electron chi connectivity index (χ1n) is 21.9. The molecule has 61 heavy (non-hydrogen) atoms. The predicted octanol–water partition coefficient (Wildman–Crippen LogP) is 12.4. The number of phenolic OH excluding ortho intramolecular Hbond substituents is 1. The normalized spacial score (nSPS) is 11.3. The Hall–Kier alpha value is -2.84. The van der Waals surface area contributed by atoms with Gasteiger partial charge in [-0.15, -0.1) is 5.75 Å². The number of rotatable bonds is 28. The molecule has 10 nitrogen and oxygen atoms in total. The molecule has 0 saturated heterocycles. The monoisotopic (exact) mass is 906 g/mol. The second-order valence-electron chi connectivity index (χ2n) is 15.6. The van der Waals surface area contributed by atoms with Crippen LogP contribution in [0, 0.1) is 0 Å². The zero-order valence-electron chi connectivity index (χ0n) is 36.3. The molecule has 0 amide bonds. The summed E-state index contributed by atoms with van der Waals surface area (Å²) in [5.74, 6) is 1.51. The quantitative estimate of drug-likeness (QED) is 0.0317. The Morgan fingerprint density at radius 3 is 1.20 bits per heavy atom. The van der Waals surface area contributed by atoms with Gasteiger partial charge in [0.1, 0.15) is 38.9 Å². The van der Waals surface area contributed by atoms with E-state index in [1.54, 1.807) is 24.3 Å². The van der Waals surface area contributed by atoms with Crippen molar-refractivity contribution in [1.29, 1.82) is 0 Å². The van der Waals surface area contributed by atoms with E-state index in [9.17, 15) is 36.2 Å². The average Bonchev–Trinajstić information content (AvgIpc) is 3.20. The Bertz CT molecular complexity index is 1870. The van der Waals surface area contributed by atoms with E-state index in [0.717, 1.165) is 49.7 Å². The van der Waals surface area contributed by atoms with Gasteiger partial charge in [-0.25, -0.2) is 8.42 Å². The van der Waals surface area contributed by atoms with Crippen LogP contribution in [0.25, 0.3) is 0 Å². The predicted molar refractivity (Wildman–Crippen MR) is 242 cm³/mol. The average molecular weight is 907 g/mol. The van der Waals surface area contributed by atoms with Crippen LogP contribution >= 0.6 is 0 Å². The summed E-state index contributed by atoms with van der Waals surface area (Å²) >= 11 is 0. The molecular formula is C48H66CaO10S2. The van der Waals surface area contributed by atoms with Gasteiger partial charge in [0.25, 0.3) is 10.1 Å². The molecule has 13 heteroatoms. The first-order valence-corrected chi connectivity index (χ1v) is 24.7. The van der Waals surface area contributed by atoms with Crippen molar-refractivity contribution in [3.05, 3.63) is 96.1 Å². The van der Waals surface area contributed by atoms with Crippen molar-refractivity contribution in [3.63, 3.8) is 0 Å². The molecule has 0 aromatic heterocycles. The van der Waals surface area contributed by atoms with Crippen LogP contribution in [-0.4, -0.2) is 68.8 Å². The summed E-state index contributed by atoms with van der Waals surface area (Å²) in [6.45, 7) is 4.45. The Morgan fingerprint density at radius 1 is 0.475 bits per heavy atom. The first-order chi connectivity index (χ1) is 28.8. The molecule has 2 N–H and O–H groups in total. The Balaban J connectivity index is 0.000000413. The molecular weight excluding hydrogens is 841 g/mol. The van der Waals surface area contributed by atoms with Crippen LogP contribution in [0.4, 0.5) is 0 Å². The van der Waals surface area contributed by atoms with Gasteiger partial charge >= 0.3 is 37.7 Å². The largest absolute Gasteiger partial charge is 2.00 e. The maximum atomic E-state index is 11.6. The van der Waals surface area contributed by atoms with Crippen molar-refractivity contribution in [2.45, 2.75) is 165 Å². The van der Waals surface area contributed by atoms with Gasteiger partial charge in [-0.2, -0.15) is 8.42 Å². The van der Waals surface area contributed by atoms with E-state index in [2.05, 4.69) is 13.8 Å². The summed E-state index contributed by atoms with van der Waals surface area (Å²) in [6.07, 6.45) is 26.0. The van der Waals surface area contributed by atoms with E-state index in [0.29, 0.717) is 23.7 Å². The summed E-state index contributed by atoms with van der Waals surface area (Å²) in [5, 5.41) is 20.6. The molecule has 0 spiro atoms. The smallest absolute Gasteiger partial charge is 0.872 e. The molecule has 4 aromatic rings. The zero-order valence-corrected chi connectivity index (χ0v) is 40.2. The first kappa shape index (κ1) is 54.3. The van der Waals surface area contributed by atoms with E-state index < -0.39 is 20.2 Å². The molecule has 0 aliphatic carbocycles. The van der Waals surface area contributed by atoms with Gasteiger partial charge in [-0.1, -0.05) is 142 Å². The van der Waals surface area contributed by atoms with Crippen LogP contribution in [-0.2, 0) is 33.1 Å². The molecule has 4 aromatic carbocycles. The molecule has 332 valence electrons. The van der Waals surface area contributed by atoms with Crippen molar-refractivity contribution in [3.8, 4) is 34.5 Å². The molecule has 0 heterocycles. The van der Waals surface area contributed by atoms with Gasteiger partial charge in [0.2, 0.25) is 0 Å². The minimum atomic E-state index is -4.58. The van der Waals surface area contributed by atoms with Crippen LogP contribution in [0.2, 0.25) is 0 Å². The van der Waals surface area contributed by atoms with Gasteiger partial charge in [-0.05, 0) is 104 Å². The number of aryl methyl sites for hydroxylation is 2. The maximum absolute atomic E-state index is 11.6. The third-order valence-corrected chi connectivity index (χ3v) is 11.9. The molecule has 0 aliphatic heterocycles. The van der Waals surface area contributed by atoms with Crippen LogP contribution in [0.5, 0.6) is 34.5 Å². The van der Waals surface area contributed by atoms with Gasteiger partial charge in [-0.3, -0.25) is 4.55 Å². The van der Waals surface area contributed by atoms with Gasteiger partial charge < -0.3 is 24.2 Å². The minimum absolute atomic E-state index is 0. The van der Waals surface area contributed by atoms with Crippen molar-refractivity contribution in [2.24, 2.45) is 0 Å². The van der Waals surface area contributed by atoms with Crippen LogP contribution < -0.4 is 14.6 Å². The summed E-state index contributed by atoms with van der Waals surface area (Å²) in [7, 11) is -8.90. The fraction of sp³-hybridized carbons (Fsp3) is 0.500. The molecule has 0 fully saturated rings. The number of unbranched alkanes of at least 4 members (excludes halogenated alkanes) is 18. The molecule has 0 unspecified atom stereocenters. The Morgan fingerprint density at radius 2 is 0.820 bits per heavy atom. The van der Waals surface area contributed by atoms with Gasteiger partial charge in [0.15, 0.2) is 0 Å². The number of benzene rings is 4.